The van der Waals surface area contributed by atoms with Crippen LogP contribution in [-0.4, -0.2) is 47.6 Å². The number of carbonyl (C=O) groups excluding carboxylic acids is 2. The molecule has 0 radical (unpaired) electrons. The van der Waals surface area contributed by atoms with Crippen LogP contribution in [-0.2, 0) is 9.59 Å². The van der Waals surface area contributed by atoms with E-state index in [4.69, 9.17) is 4.74 Å². The number of hydrogen-bond acceptors (Lipinski definition) is 5. The molecule has 1 aliphatic carbocycles. The molecule has 1 aromatic carbocycles. The van der Waals surface area contributed by atoms with Crippen LogP contribution in [0.5, 0.6) is 5.06 Å². The number of nitrogens with zero attached hydrogens (tertiary/aromatic N) is 2. The number of thiophene rings is 1. The number of rotatable bonds is 5. The molecule has 1 atom stereocenters. The fraction of sp³-hybridized carbons (Fsp3) is 0.480. The van der Waals surface area contributed by atoms with E-state index in [0.29, 0.717) is 24.6 Å². The smallest absolute Gasteiger partial charge is 0.449 e. The summed E-state index contributed by atoms with van der Waals surface area (Å²) in [6.45, 7) is 2.76. The molecule has 4 rings (SSSR count). The van der Waals surface area contributed by atoms with Crippen LogP contribution in [0.2, 0.25) is 0 Å². The lowest BCUT2D eigenvalue weighted by atomic mass is 9.82. The first-order valence-corrected chi connectivity index (χ1v) is 12.3. The Bertz CT molecular complexity index is 1010. The van der Waals surface area contributed by atoms with Crippen molar-refractivity contribution in [3.8, 4) is 15.5 Å². The molecule has 1 saturated heterocycles. The van der Waals surface area contributed by atoms with Crippen LogP contribution in [0.3, 0.4) is 0 Å². The van der Waals surface area contributed by atoms with Crippen LogP contribution in [0.15, 0.2) is 36.4 Å². The molecule has 7 nitrogen and oxygen atoms in total. The van der Waals surface area contributed by atoms with E-state index in [2.05, 4.69) is 6.92 Å². The summed E-state index contributed by atoms with van der Waals surface area (Å²) in [7, 11) is 1.77. The van der Waals surface area contributed by atoms with Gasteiger partial charge in [0.2, 0.25) is 16.9 Å². The number of benzene rings is 1. The van der Waals surface area contributed by atoms with Crippen molar-refractivity contribution < 1.29 is 24.2 Å². The minimum absolute atomic E-state index is 0.0134. The van der Waals surface area contributed by atoms with Gasteiger partial charge in [0, 0.05) is 36.9 Å². The molecule has 2 aromatic rings. The molecule has 2 aliphatic rings. The molecule has 1 aliphatic heterocycles. The van der Waals surface area contributed by atoms with Gasteiger partial charge >= 0.3 is 6.16 Å². The van der Waals surface area contributed by atoms with E-state index >= 15 is 0 Å². The number of ether oxygens (including phenoxy) is 1. The zero-order valence-electron chi connectivity index (χ0n) is 19.0. The first kappa shape index (κ1) is 23.3. The van der Waals surface area contributed by atoms with E-state index in [1.54, 1.807) is 16.8 Å². The van der Waals surface area contributed by atoms with Gasteiger partial charge in [-0.3, -0.25) is 9.59 Å². The van der Waals surface area contributed by atoms with Gasteiger partial charge in [0.25, 0.3) is 0 Å². The van der Waals surface area contributed by atoms with Crippen molar-refractivity contribution in [2.24, 2.45) is 11.8 Å². The van der Waals surface area contributed by atoms with Crippen molar-refractivity contribution in [3.63, 3.8) is 0 Å². The number of hydrogen-bond donors (Lipinski definition) is 1. The molecule has 2 fully saturated rings. The van der Waals surface area contributed by atoms with Crippen molar-refractivity contribution >= 4 is 35.0 Å². The van der Waals surface area contributed by atoms with E-state index in [1.165, 1.54) is 11.3 Å². The van der Waals surface area contributed by atoms with Crippen LogP contribution in [0.1, 0.15) is 45.4 Å². The van der Waals surface area contributed by atoms with Gasteiger partial charge in [-0.05, 0) is 49.7 Å². The average molecular weight is 471 g/mol. The number of piperidine rings is 1. The first-order chi connectivity index (χ1) is 15.8. The Morgan fingerprint density at radius 1 is 1.12 bits per heavy atom. The van der Waals surface area contributed by atoms with Gasteiger partial charge in [-0.1, -0.05) is 48.6 Å². The zero-order chi connectivity index (χ0) is 23.5. The number of carbonyl (C=O) groups is 3. The minimum Gasteiger partial charge on any atom is -0.449 e. The van der Waals surface area contributed by atoms with Crippen LogP contribution < -0.4 is 9.64 Å². The van der Waals surface area contributed by atoms with Crippen LogP contribution in [0.4, 0.5) is 10.5 Å². The molecule has 176 valence electrons. The van der Waals surface area contributed by atoms with Gasteiger partial charge in [0.1, 0.15) is 0 Å². The summed E-state index contributed by atoms with van der Waals surface area (Å²) in [6.07, 6.45) is 3.04. The molecular weight excluding hydrogens is 440 g/mol. The standard InChI is InChI=1S/C25H30N2O5S/c1-16-8-10-18(11-9-16)23(29)27(19-12-13-26(2)22(28)14-19)20-15-21(17-6-4-3-5-7-17)33-24(20)32-25(30)31/h3-7,15-16,18-19H,8-14H2,1-2H3,(H,30,31). The fourth-order valence-electron chi connectivity index (χ4n) is 4.78. The summed E-state index contributed by atoms with van der Waals surface area (Å²) < 4.78 is 5.17. The van der Waals surface area contributed by atoms with Crippen molar-refractivity contribution in [3.05, 3.63) is 36.4 Å². The fourth-order valence-corrected chi connectivity index (χ4v) is 5.78. The van der Waals surface area contributed by atoms with Gasteiger partial charge in [-0.15, -0.1) is 0 Å². The Morgan fingerprint density at radius 3 is 2.45 bits per heavy atom. The predicted octanol–water partition coefficient (Wildman–Crippen LogP) is 5.25. The Morgan fingerprint density at radius 2 is 1.82 bits per heavy atom. The highest BCUT2D eigenvalue weighted by Crippen LogP contribution is 2.45. The van der Waals surface area contributed by atoms with E-state index in [1.807, 2.05) is 36.4 Å². The Hall–Kier alpha value is -2.87. The molecular formula is C25H30N2O5S. The second-order valence-electron chi connectivity index (χ2n) is 9.14. The summed E-state index contributed by atoms with van der Waals surface area (Å²) in [4.78, 5) is 42.1. The number of amides is 2. The Kier molecular flexibility index (Phi) is 7.02. The first-order valence-electron chi connectivity index (χ1n) is 11.5. The van der Waals surface area contributed by atoms with Gasteiger partial charge in [0.05, 0.1) is 5.69 Å². The molecule has 2 amide bonds. The maximum absolute atomic E-state index is 13.9. The summed E-state index contributed by atoms with van der Waals surface area (Å²) in [5, 5.41) is 9.55. The highest BCUT2D eigenvalue weighted by atomic mass is 32.1. The largest absolute Gasteiger partial charge is 0.512 e. The van der Waals surface area contributed by atoms with Gasteiger partial charge in [-0.25, -0.2) is 4.79 Å². The number of carboxylic acid groups (broad SMARTS) is 1. The highest BCUT2D eigenvalue weighted by molar-refractivity contribution is 7.18. The van der Waals surface area contributed by atoms with Crippen LogP contribution >= 0.6 is 11.3 Å². The van der Waals surface area contributed by atoms with E-state index in [0.717, 1.165) is 36.1 Å². The monoisotopic (exact) mass is 470 g/mol. The molecule has 1 unspecified atom stereocenters. The molecule has 1 aromatic heterocycles. The third-order valence-corrected chi connectivity index (χ3v) is 7.83. The van der Waals surface area contributed by atoms with Crippen molar-refractivity contribution in [1.29, 1.82) is 0 Å². The normalized spacial score (nSPS) is 23.3. The quantitative estimate of drug-likeness (QED) is 0.603. The summed E-state index contributed by atoms with van der Waals surface area (Å²) in [5.41, 5.74) is 1.37. The Balaban J connectivity index is 1.75. The van der Waals surface area contributed by atoms with Gasteiger partial charge in [-0.2, -0.15) is 0 Å². The maximum Gasteiger partial charge on any atom is 0.512 e. The number of anilines is 1. The second-order valence-corrected chi connectivity index (χ2v) is 10.2. The van der Waals surface area contributed by atoms with Crippen molar-refractivity contribution in [2.45, 2.75) is 51.5 Å². The average Bonchev–Trinajstić information content (AvgIpc) is 3.20. The third-order valence-electron chi connectivity index (χ3n) is 6.78. The maximum atomic E-state index is 13.9. The molecule has 1 N–H and O–H groups in total. The molecule has 0 bridgehead atoms. The lowest BCUT2D eigenvalue weighted by Crippen LogP contribution is -2.51. The van der Waals surface area contributed by atoms with Crippen molar-refractivity contribution in [1.82, 2.24) is 4.90 Å². The lowest BCUT2D eigenvalue weighted by molar-refractivity contribution is -0.132. The van der Waals surface area contributed by atoms with Crippen LogP contribution in [0, 0.1) is 11.8 Å². The summed E-state index contributed by atoms with van der Waals surface area (Å²) in [6, 6.07) is 11.1. The summed E-state index contributed by atoms with van der Waals surface area (Å²) in [5.74, 6) is 0.426. The third kappa shape index (κ3) is 5.21. The van der Waals surface area contributed by atoms with Crippen molar-refractivity contribution in [2.75, 3.05) is 18.5 Å². The minimum atomic E-state index is -1.42. The van der Waals surface area contributed by atoms with E-state index < -0.39 is 6.16 Å². The van der Waals surface area contributed by atoms with Gasteiger partial charge < -0.3 is 19.6 Å². The second kappa shape index (κ2) is 9.95. The number of likely N-dealkylation sites (tertiary alicyclic amines) is 1. The molecule has 0 spiro atoms. The van der Waals surface area contributed by atoms with E-state index in [9.17, 15) is 19.5 Å². The SMILES string of the molecule is CC1CCC(C(=O)N(c2cc(-c3ccccc3)sc2OC(=O)O)C2CCN(C)C(=O)C2)CC1. The highest BCUT2D eigenvalue weighted by Gasteiger charge is 2.38. The molecule has 8 heteroatoms. The molecule has 1 saturated carbocycles. The summed E-state index contributed by atoms with van der Waals surface area (Å²) >= 11 is 1.21. The predicted molar refractivity (Wildman–Crippen MR) is 128 cm³/mol. The molecule has 2 heterocycles. The topological polar surface area (TPSA) is 87.2 Å². The van der Waals surface area contributed by atoms with Crippen LogP contribution in [0.25, 0.3) is 10.4 Å². The van der Waals surface area contributed by atoms with E-state index in [-0.39, 0.29) is 35.3 Å². The lowest BCUT2D eigenvalue weighted by Gasteiger charge is -2.39. The Labute approximate surface area is 198 Å². The molecule has 33 heavy (non-hydrogen) atoms. The zero-order valence-corrected chi connectivity index (χ0v) is 19.8. The van der Waals surface area contributed by atoms with Gasteiger partial charge in [0.15, 0.2) is 0 Å².